The fourth-order valence-corrected chi connectivity index (χ4v) is 4.68. The fourth-order valence-electron chi connectivity index (χ4n) is 3.52. The largest absolute Gasteiger partial charge is 0.497 e. The molecule has 0 amide bonds. The quantitative estimate of drug-likeness (QED) is 0.197. The molecule has 0 unspecified atom stereocenters. The molecule has 0 aliphatic carbocycles. The van der Waals surface area contributed by atoms with Gasteiger partial charge in [-0.2, -0.15) is 0 Å². The van der Waals surface area contributed by atoms with Crippen molar-refractivity contribution in [2.24, 2.45) is 0 Å². The first-order chi connectivity index (χ1) is 16.5. The van der Waals surface area contributed by atoms with Gasteiger partial charge in [-0.15, -0.1) is 11.3 Å². The van der Waals surface area contributed by atoms with Gasteiger partial charge in [0, 0.05) is 15.7 Å². The summed E-state index contributed by atoms with van der Waals surface area (Å²) in [7, 11) is 3.32. The van der Waals surface area contributed by atoms with E-state index in [1.165, 1.54) is 0 Å². The van der Waals surface area contributed by atoms with Gasteiger partial charge in [0.05, 0.1) is 25.7 Å². The number of hydrogen-bond donors (Lipinski definition) is 0. The van der Waals surface area contributed by atoms with Crippen LogP contribution in [0, 0.1) is 0 Å². The van der Waals surface area contributed by atoms with Crippen LogP contribution in [-0.2, 0) is 9.53 Å². The van der Waals surface area contributed by atoms with Gasteiger partial charge in [-0.25, -0.2) is 4.79 Å². The second-order valence-electron chi connectivity index (χ2n) is 7.57. The Morgan fingerprint density at radius 2 is 1.53 bits per heavy atom. The van der Waals surface area contributed by atoms with Crippen LogP contribution in [0.2, 0.25) is 0 Å². The third kappa shape index (κ3) is 5.07. The summed E-state index contributed by atoms with van der Waals surface area (Å²) in [5.41, 5.74) is 2.49. The molecule has 4 aromatic rings. The first-order valence-corrected chi connectivity index (χ1v) is 11.7. The zero-order valence-electron chi connectivity index (χ0n) is 19.6. The Kier molecular flexibility index (Phi) is 7.18. The number of rotatable bonds is 8. The number of thiophene rings is 1. The van der Waals surface area contributed by atoms with Crippen molar-refractivity contribution in [3.8, 4) is 33.4 Å². The molecule has 0 bridgehead atoms. The molecule has 0 fully saturated rings. The number of hydrogen-bond acceptors (Lipinski definition) is 6. The van der Waals surface area contributed by atoms with Crippen LogP contribution in [0.15, 0.2) is 72.3 Å². The Bertz CT molecular complexity index is 1320. The van der Waals surface area contributed by atoms with Crippen LogP contribution in [0.4, 0.5) is 0 Å². The van der Waals surface area contributed by atoms with Gasteiger partial charge in [0.1, 0.15) is 17.2 Å². The average molecular weight is 475 g/mol. The standard InChI is InChI=1S/C28H26O5S/c1-5-32-28(29)18(2)16-19-6-10-22(11-7-19)33-26-24-15-14-23(31-4)17-25(24)34-27(26)20-8-12-21(30-3)13-9-20/h6-17H,5H2,1-4H3. The molecule has 5 nitrogen and oxygen atoms in total. The molecule has 34 heavy (non-hydrogen) atoms. The first-order valence-electron chi connectivity index (χ1n) is 10.9. The average Bonchev–Trinajstić information content (AvgIpc) is 3.22. The minimum absolute atomic E-state index is 0.313. The van der Waals surface area contributed by atoms with Crippen molar-refractivity contribution in [2.75, 3.05) is 20.8 Å². The molecular weight excluding hydrogens is 448 g/mol. The lowest BCUT2D eigenvalue weighted by Gasteiger charge is -2.09. The number of benzene rings is 3. The molecule has 3 aromatic carbocycles. The third-order valence-electron chi connectivity index (χ3n) is 5.28. The van der Waals surface area contributed by atoms with Crippen LogP contribution in [0.25, 0.3) is 26.6 Å². The van der Waals surface area contributed by atoms with Crippen LogP contribution in [0.5, 0.6) is 23.0 Å². The van der Waals surface area contributed by atoms with E-state index in [2.05, 4.69) is 0 Å². The number of ether oxygens (including phenoxy) is 4. The highest BCUT2D eigenvalue weighted by atomic mass is 32.1. The molecule has 0 radical (unpaired) electrons. The minimum atomic E-state index is -0.313. The maximum Gasteiger partial charge on any atom is 0.333 e. The lowest BCUT2D eigenvalue weighted by molar-refractivity contribution is -0.138. The van der Waals surface area contributed by atoms with Crippen molar-refractivity contribution in [3.05, 3.63) is 77.9 Å². The summed E-state index contributed by atoms with van der Waals surface area (Å²) in [6.07, 6.45) is 1.80. The van der Waals surface area contributed by atoms with Gasteiger partial charge in [0.2, 0.25) is 0 Å². The maximum atomic E-state index is 11.9. The lowest BCUT2D eigenvalue weighted by Crippen LogP contribution is -2.04. The minimum Gasteiger partial charge on any atom is -0.497 e. The summed E-state index contributed by atoms with van der Waals surface area (Å²) >= 11 is 1.65. The molecule has 0 aliphatic rings. The molecule has 1 heterocycles. The smallest absolute Gasteiger partial charge is 0.333 e. The SMILES string of the molecule is CCOC(=O)C(C)=Cc1ccc(Oc2c(-c3ccc(OC)cc3)sc3cc(OC)ccc23)cc1. The van der Waals surface area contributed by atoms with Gasteiger partial charge < -0.3 is 18.9 Å². The predicted molar refractivity (Wildman–Crippen MR) is 137 cm³/mol. The summed E-state index contributed by atoms with van der Waals surface area (Å²) in [6, 6.07) is 21.5. The van der Waals surface area contributed by atoms with Crippen LogP contribution in [0.3, 0.4) is 0 Å². The molecule has 0 saturated carbocycles. The predicted octanol–water partition coefficient (Wildman–Crippen LogP) is 7.34. The number of carbonyl (C=O) groups excluding carboxylic acids is 1. The zero-order valence-corrected chi connectivity index (χ0v) is 20.4. The van der Waals surface area contributed by atoms with Gasteiger partial charge in [-0.3, -0.25) is 0 Å². The molecule has 0 aliphatic heterocycles. The summed E-state index contributed by atoms with van der Waals surface area (Å²) in [4.78, 5) is 12.9. The summed E-state index contributed by atoms with van der Waals surface area (Å²) < 4.78 is 23.3. The van der Waals surface area contributed by atoms with Crippen molar-refractivity contribution in [3.63, 3.8) is 0 Å². The number of methoxy groups -OCH3 is 2. The molecule has 0 atom stereocenters. The Hall–Kier alpha value is -3.77. The number of esters is 1. The van der Waals surface area contributed by atoms with Crippen molar-refractivity contribution < 1.29 is 23.7 Å². The van der Waals surface area contributed by atoms with E-state index in [1.807, 2.05) is 66.7 Å². The second kappa shape index (κ2) is 10.4. The highest BCUT2D eigenvalue weighted by Crippen LogP contribution is 2.47. The summed E-state index contributed by atoms with van der Waals surface area (Å²) in [6.45, 7) is 3.89. The molecule has 4 rings (SSSR count). The van der Waals surface area contributed by atoms with Crippen LogP contribution < -0.4 is 14.2 Å². The Morgan fingerprint density at radius 3 is 2.18 bits per heavy atom. The molecule has 0 spiro atoms. The number of fused-ring (bicyclic) bond motifs is 1. The van der Waals surface area contributed by atoms with Crippen LogP contribution in [-0.4, -0.2) is 26.8 Å². The van der Waals surface area contributed by atoms with Gasteiger partial charge in [-0.1, -0.05) is 12.1 Å². The molecule has 6 heteroatoms. The highest BCUT2D eigenvalue weighted by Gasteiger charge is 2.17. The Balaban J connectivity index is 1.69. The number of carbonyl (C=O) groups is 1. The zero-order chi connectivity index (χ0) is 24.1. The van der Waals surface area contributed by atoms with E-state index in [4.69, 9.17) is 18.9 Å². The Morgan fingerprint density at radius 1 is 0.882 bits per heavy atom. The van der Waals surface area contributed by atoms with Crippen molar-refractivity contribution in [1.29, 1.82) is 0 Å². The fraction of sp³-hybridized carbons (Fsp3) is 0.179. The molecular formula is C28H26O5S. The van der Waals surface area contributed by atoms with E-state index < -0.39 is 0 Å². The highest BCUT2D eigenvalue weighted by molar-refractivity contribution is 7.22. The van der Waals surface area contributed by atoms with Gasteiger partial charge in [-0.05, 0) is 85.6 Å². The monoisotopic (exact) mass is 474 g/mol. The molecule has 174 valence electrons. The molecule has 1 aromatic heterocycles. The van der Waals surface area contributed by atoms with Gasteiger partial charge in [0.25, 0.3) is 0 Å². The van der Waals surface area contributed by atoms with Crippen LogP contribution >= 0.6 is 11.3 Å². The van der Waals surface area contributed by atoms with E-state index in [0.717, 1.165) is 43.3 Å². The van der Waals surface area contributed by atoms with E-state index in [0.29, 0.717) is 17.9 Å². The second-order valence-corrected chi connectivity index (χ2v) is 8.62. The lowest BCUT2D eigenvalue weighted by atomic mass is 10.1. The normalized spacial score (nSPS) is 11.4. The first kappa shape index (κ1) is 23.4. The molecule has 0 saturated heterocycles. The van der Waals surface area contributed by atoms with E-state index in [9.17, 15) is 4.79 Å². The van der Waals surface area contributed by atoms with E-state index >= 15 is 0 Å². The van der Waals surface area contributed by atoms with Gasteiger partial charge in [0.15, 0.2) is 5.75 Å². The third-order valence-corrected chi connectivity index (χ3v) is 6.47. The van der Waals surface area contributed by atoms with Crippen molar-refractivity contribution >= 4 is 33.5 Å². The topological polar surface area (TPSA) is 54.0 Å². The van der Waals surface area contributed by atoms with E-state index in [-0.39, 0.29) is 5.97 Å². The Labute approximate surface area is 203 Å². The van der Waals surface area contributed by atoms with Crippen molar-refractivity contribution in [2.45, 2.75) is 13.8 Å². The maximum absolute atomic E-state index is 11.9. The summed E-state index contributed by atoms with van der Waals surface area (Å²) in [5, 5.41) is 1.01. The van der Waals surface area contributed by atoms with E-state index in [1.54, 1.807) is 45.5 Å². The van der Waals surface area contributed by atoms with Crippen LogP contribution in [0.1, 0.15) is 19.4 Å². The van der Waals surface area contributed by atoms with Crippen molar-refractivity contribution in [1.82, 2.24) is 0 Å². The summed E-state index contributed by atoms with van der Waals surface area (Å²) in [5.74, 6) is 2.78. The van der Waals surface area contributed by atoms with Gasteiger partial charge >= 0.3 is 5.97 Å². The molecule has 0 N–H and O–H groups in total.